The summed E-state index contributed by atoms with van der Waals surface area (Å²) in [6.07, 6.45) is 1.79. The third-order valence-corrected chi connectivity index (χ3v) is 11.9. The second kappa shape index (κ2) is 16.5. The second-order valence-electron chi connectivity index (χ2n) is 18.9. The maximum Gasteiger partial charge on any atom is 0.372 e. The number of phenolic OH excluding ortho intramolecular Hbond substituents is 1. The van der Waals surface area contributed by atoms with Gasteiger partial charge >= 0.3 is 5.97 Å². The van der Waals surface area contributed by atoms with Crippen LogP contribution in [0.1, 0.15) is 101 Å². The third-order valence-electron chi connectivity index (χ3n) is 11.9. The van der Waals surface area contributed by atoms with Crippen LogP contribution in [0.5, 0.6) is 5.75 Å². The molecule has 2 heterocycles. The van der Waals surface area contributed by atoms with Crippen molar-refractivity contribution in [3.8, 4) is 67.5 Å². The van der Waals surface area contributed by atoms with Crippen molar-refractivity contribution in [3.05, 3.63) is 167 Å². The molecule has 2 N–H and O–H groups in total. The van der Waals surface area contributed by atoms with Crippen molar-refractivity contribution in [3.63, 3.8) is 0 Å². The van der Waals surface area contributed by atoms with Gasteiger partial charge in [0, 0.05) is 24.4 Å². The fourth-order valence-electron chi connectivity index (χ4n) is 8.58. The minimum Gasteiger partial charge on any atom is -0.507 e. The molecule has 2 aromatic heterocycles. The molecule has 0 saturated carbocycles. The molecule has 0 spiro atoms. The summed E-state index contributed by atoms with van der Waals surface area (Å²) in [6.45, 7) is 21.1. The molecule has 0 aliphatic rings. The highest BCUT2D eigenvalue weighted by atomic mass is 17.1. The molecular weight excluding hydrogens is 779 g/mol. The first kappa shape index (κ1) is 41.5. The van der Waals surface area contributed by atoms with Crippen LogP contribution < -0.4 is 0 Å². The number of para-hydroxylation sites is 1. The molecule has 0 saturated heterocycles. The summed E-state index contributed by atoms with van der Waals surface area (Å²) in [5.74, 6) is -0.995. The van der Waals surface area contributed by atoms with Crippen molar-refractivity contribution < 1.29 is 21.4 Å². The first-order valence-corrected chi connectivity index (χ1v) is 21.4. The highest BCUT2D eigenvalue weighted by Gasteiger charge is 2.25. The van der Waals surface area contributed by atoms with Gasteiger partial charge < -0.3 is 5.11 Å². The number of hydrogen-bond acceptors (Lipinski definition) is 6. The Morgan fingerprint density at radius 1 is 0.698 bits per heavy atom. The molecule has 63 heavy (non-hydrogen) atoms. The monoisotopic (exact) mass is 834 g/mol. The van der Waals surface area contributed by atoms with Gasteiger partial charge in [0.05, 0.1) is 27.9 Å². The van der Waals surface area contributed by atoms with Gasteiger partial charge in [0.2, 0.25) is 0 Å². The number of fused-ring (bicyclic) bond motifs is 1. The van der Waals surface area contributed by atoms with E-state index in [2.05, 4.69) is 130 Å². The number of nitrogens with zero attached hydrogens (tertiary/aromatic N) is 3. The van der Waals surface area contributed by atoms with Crippen molar-refractivity contribution in [1.29, 1.82) is 0 Å². The molecule has 8 rings (SSSR count). The zero-order chi connectivity index (χ0) is 45.9. The Kier molecular flexibility index (Phi) is 10.8. The van der Waals surface area contributed by atoms with Crippen LogP contribution in [0.2, 0.25) is 0 Å². The standard InChI is InChI=1S/C56H55N3O4/c1-33(2)46-32-42(22-23-44(46)45-14-11-12-16-48(45)56(8,9)10)59-50-17-13-15-43(51(50)58-53(59)47-27-34(3)26-35(4)52(47)60)39-28-40(30-41(29-39)55(5,6)7)49-31-38(24-25-57-49)36-18-20-37(21-19-36)54(61)63-62/h11-33,60,62H,1-10H3/i33D. The van der Waals surface area contributed by atoms with E-state index in [4.69, 9.17) is 15.2 Å². The van der Waals surface area contributed by atoms with E-state index in [1.165, 1.54) is 5.56 Å². The molecule has 8 aromatic rings. The highest BCUT2D eigenvalue weighted by Crippen LogP contribution is 2.43. The zero-order valence-corrected chi connectivity index (χ0v) is 37.8. The minimum atomic E-state index is -0.952. The molecule has 7 heteroatoms. The molecular formula is C56H55N3O4. The summed E-state index contributed by atoms with van der Waals surface area (Å²) in [7, 11) is 0. The third kappa shape index (κ3) is 8.29. The summed E-state index contributed by atoms with van der Waals surface area (Å²) in [5.41, 5.74) is 15.5. The van der Waals surface area contributed by atoms with Gasteiger partial charge in [-0.1, -0.05) is 122 Å². The van der Waals surface area contributed by atoms with E-state index in [0.29, 0.717) is 11.4 Å². The average molecular weight is 835 g/mol. The summed E-state index contributed by atoms with van der Waals surface area (Å²) in [4.78, 5) is 26.1. The van der Waals surface area contributed by atoms with Crippen LogP contribution in [0.25, 0.3) is 72.7 Å². The minimum absolute atomic E-state index is 0.112. The molecule has 7 nitrogen and oxygen atoms in total. The van der Waals surface area contributed by atoms with Gasteiger partial charge in [-0.2, -0.15) is 5.26 Å². The van der Waals surface area contributed by atoms with Crippen molar-refractivity contribution >= 4 is 17.0 Å². The van der Waals surface area contributed by atoms with Crippen LogP contribution in [0.15, 0.2) is 134 Å². The van der Waals surface area contributed by atoms with E-state index in [1.54, 1.807) is 18.3 Å². The van der Waals surface area contributed by atoms with E-state index in [1.807, 2.05) is 64.1 Å². The number of carbonyl (C=O) groups excluding carboxylic acids is 1. The molecule has 0 radical (unpaired) electrons. The molecule has 0 aliphatic carbocycles. The number of aromatic hydroxyl groups is 1. The summed E-state index contributed by atoms with van der Waals surface area (Å²) < 4.78 is 11.6. The number of pyridine rings is 1. The Bertz CT molecular complexity index is 3090. The first-order chi connectivity index (χ1) is 30.2. The lowest BCUT2D eigenvalue weighted by Crippen LogP contribution is -2.13. The predicted octanol–water partition coefficient (Wildman–Crippen LogP) is 14.4. The largest absolute Gasteiger partial charge is 0.507 e. The quantitative estimate of drug-likeness (QED) is 0.117. The van der Waals surface area contributed by atoms with Crippen LogP contribution in [-0.2, 0) is 15.7 Å². The van der Waals surface area contributed by atoms with Gasteiger partial charge in [-0.05, 0) is 147 Å². The maximum atomic E-state index is 11.9. The normalized spacial score (nSPS) is 12.4. The van der Waals surface area contributed by atoms with Crippen LogP contribution >= 0.6 is 0 Å². The first-order valence-electron chi connectivity index (χ1n) is 21.9. The number of imidazole rings is 1. The molecule has 6 aromatic carbocycles. The average Bonchev–Trinajstić information content (AvgIpc) is 3.66. The topological polar surface area (TPSA) is 97.5 Å². The van der Waals surface area contributed by atoms with Crippen LogP contribution in [0, 0.1) is 13.8 Å². The van der Waals surface area contributed by atoms with Gasteiger partial charge in [0.25, 0.3) is 0 Å². The van der Waals surface area contributed by atoms with E-state index in [9.17, 15) is 11.3 Å². The lowest BCUT2D eigenvalue weighted by Gasteiger charge is -2.25. The van der Waals surface area contributed by atoms with Gasteiger partial charge in [-0.3, -0.25) is 14.4 Å². The molecule has 0 unspecified atom stereocenters. The van der Waals surface area contributed by atoms with Crippen molar-refractivity contribution in [2.75, 3.05) is 0 Å². The van der Waals surface area contributed by atoms with E-state index < -0.39 is 11.9 Å². The number of phenols is 1. The van der Waals surface area contributed by atoms with E-state index in [0.717, 1.165) is 83.6 Å². The van der Waals surface area contributed by atoms with Crippen molar-refractivity contribution in [2.24, 2.45) is 0 Å². The lowest BCUT2D eigenvalue weighted by atomic mass is 9.80. The summed E-state index contributed by atoms with van der Waals surface area (Å²) >= 11 is 0. The number of aryl methyl sites for hydroxylation is 2. The maximum absolute atomic E-state index is 11.9. The molecule has 0 bridgehead atoms. The zero-order valence-electron chi connectivity index (χ0n) is 38.8. The van der Waals surface area contributed by atoms with Crippen LogP contribution in [0.3, 0.4) is 0 Å². The second-order valence-corrected chi connectivity index (χ2v) is 18.9. The highest BCUT2D eigenvalue weighted by molar-refractivity contribution is 5.97. The Hall–Kier alpha value is -6.83. The van der Waals surface area contributed by atoms with Crippen molar-refractivity contribution in [1.82, 2.24) is 14.5 Å². The summed E-state index contributed by atoms with van der Waals surface area (Å²) in [6, 6.07) is 42.5. The summed E-state index contributed by atoms with van der Waals surface area (Å²) in [5, 5.41) is 20.6. The van der Waals surface area contributed by atoms with Gasteiger partial charge in [0.15, 0.2) is 0 Å². The van der Waals surface area contributed by atoms with E-state index in [-0.39, 0.29) is 22.1 Å². The fraction of sp³-hybridized carbons (Fsp3) is 0.232. The number of rotatable bonds is 8. The Labute approximate surface area is 372 Å². The van der Waals surface area contributed by atoms with E-state index >= 15 is 0 Å². The van der Waals surface area contributed by atoms with Crippen molar-refractivity contribution in [2.45, 2.75) is 86.0 Å². The molecule has 0 atom stereocenters. The molecule has 0 aliphatic heterocycles. The van der Waals surface area contributed by atoms with Crippen LogP contribution in [-0.4, -0.2) is 30.9 Å². The number of hydrogen-bond donors (Lipinski definition) is 2. The smallest absolute Gasteiger partial charge is 0.372 e. The van der Waals surface area contributed by atoms with Gasteiger partial charge in [0.1, 0.15) is 11.6 Å². The number of benzene rings is 6. The fourth-order valence-corrected chi connectivity index (χ4v) is 8.58. The predicted molar refractivity (Wildman–Crippen MR) is 257 cm³/mol. The van der Waals surface area contributed by atoms with Crippen LogP contribution in [0.4, 0.5) is 0 Å². The molecule has 0 fully saturated rings. The number of carbonyl (C=O) groups is 1. The lowest BCUT2D eigenvalue weighted by molar-refractivity contribution is -0.182. The number of aromatic nitrogens is 3. The Balaban J connectivity index is 1.36. The Morgan fingerprint density at radius 3 is 2.11 bits per heavy atom. The molecule has 318 valence electrons. The SMILES string of the molecule is [2H]C(C)(C)c1cc(-n2c(-c3cc(C)cc(C)c3O)nc3c(-c4cc(-c5cc(-c6ccc(C(=O)OO)cc6)ccn5)cc(C(C)(C)C)c4)cccc32)ccc1-c1ccccc1C(C)(C)C. The van der Waals surface area contributed by atoms with Gasteiger partial charge in [-0.15, -0.1) is 0 Å². The Morgan fingerprint density at radius 2 is 1.41 bits per heavy atom. The molecule has 0 amide bonds. The van der Waals surface area contributed by atoms with Gasteiger partial charge in [-0.25, -0.2) is 9.78 Å².